The number of non-ortho nitro benzene ring substituents is 1. The van der Waals surface area contributed by atoms with Crippen molar-refractivity contribution in [3.05, 3.63) is 40.4 Å². The third-order valence-electron chi connectivity index (χ3n) is 3.03. The number of nitrogens with zero attached hydrogens (tertiary/aromatic N) is 4. The van der Waals surface area contributed by atoms with Gasteiger partial charge >= 0.3 is 0 Å². The first-order chi connectivity index (χ1) is 9.51. The largest absolute Gasteiger partial charge is 0.358 e. The van der Waals surface area contributed by atoms with Gasteiger partial charge in [0.1, 0.15) is 5.82 Å². The molecule has 0 radical (unpaired) electrons. The van der Waals surface area contributed by atoms with Gasteiger partial charge in [0.2, 0.25) is 0 Å². The quantitative estimate of drug-likeness (QED) is 0.630. The summed E-state index contributed by atoms with van der Waals surface area (Å²) in [5.74, 6) is 0.655. The number of hydrogen-bond acceptors (Lipinski definition) is 5. The molecule has 0 amide bonds. The van der Waals surface area contributed by atoms with E-state index in [1.54, 1.807) is 18.2 Å². The standard InChI is InChI=1S/C14H14N4O2/c1-10(8-15)9-17(2)14-6-3-11-7-12(18(19)20)4-5-13(11)16-14/h3-7,10H,9H2,1-2H3. The highest BCUT2D eigenvalue weighted by Crippen LogP contribution is 2.22. The van der Waals surface area contributed by atoms with Crippen LogP contribution >= 0.6 is 0 Å². The second-order valence-corrected chi connectivity index (χ2v) is 4.71. The SMILES string of the molecule is CC(C#N)CN(C)c1ccc2cc([N+](=O)[O-])ccc2n1. The molecule has 0 spiro atoms. The Labute approximate surface area is 116 Å². The molecule has 1 aromatic carbocycles. The minimum Gasteiger partial charge on any atom is -0.358 e. The Morgan fingerprint density at radius 2 is 2.20 bits per heavy atom. The Kier molecular flexibility index (Phi) is 3.80. The van der Waals surface area contributed by atoms with E-state index >= 15 is 0 Å². The van der Waals surface area contributed by atoms with E-state index in [2.05, 4.69) is 11.1 Å². The maximum Gasteiger partial charge on any atom is 0.270 e. The molecule has 2 rings (SSSR count). The van der Waals surface area contributed by atoms with E-state index in [-0.39, 0.29) is 11.6 Å². The van der Waals surface area contributed by atoms with Gasteiger partial charge in [0.15, 0.2) is 0 Å². The summed E-state index contributed by atoms with van der Waals surface area (Å²) < 4.78 is 0. The van der Waals surface area contributed by atoms with E-state index in [0.29, 0.717) is 12.1 Å². The lowest BCUT2D eigenvalue weighted by atomic mass is 10.2. The number of benzene rings is 1. The summed E-state index contributed by atoms with van der Waals surface area (Å²) in [5.41, 5.74) is 0.753. The van der Waals surface area contributed by atoms with Crippen molar-refractivity contribution in [1.29, 1.82) is 5.26 Å². The molecule has 6 heteroatoms. The van der Waals surface area contributed by atoms with Crippen molar-refractivity contribution in [1.82, 2.24) is 4.98 Å². The third-order valence-corrected chi connectivity index (χ3v) is 3.03. The first-order valence-electron chi connectivity index (χ1n) is 6.17. The Hall–Kier alpha value is -2.68. The molecule has 0 aliphatic heterocycles. The molecule has 6 nitrogen and oxygen atoms in total. The van der Waals surface area contributed by atoms with Gasteiger partial charge in [-0.3, -0.25) is 10.1 Å². The highest BCUT2D eigenvalue weighted by molar-refractivity contribution is 5.82. The lowest BCUT2D eigenvalue weighted by Gasteiger charge is -2.19. The van der Waals surface area contributed by atoms with Crippen molar-refractivity contribution in [2.45, 2.75) is 6.92 Å². The molecule has 20 heavy (non-hydrogen) atoms. The number of hydrogen-bond donors (Lipinski definition) is 0. The molecule has 0 saturated heterocycles. The topological polar surface area (TPSA) is 83.1 Å². The zero-order valence-corrected chi connectivity index (χ0v) is 11.3. The minimum atomic E-state index is -0.423. The van der Waals surface area contributed by atoms with Crippen molar-refractivity contribution in [2.24, 2.45) is 5.92 Å². The van der Waals surface area contributed by atoms with Gasteiger partial charge in [-0.2, -0.15) is 5.26 Å². The number of nitriles is 1. The fourth-order valence-electron chi connectivity index (χ4n) is 1.97. The number of rotatable bonds is 4. The minimum absolute atomic E-state index is 0.0542. The van der Waals surface area contributed by atoms with Crippen LogP contribution in [0.1, 0.15) is 6.92 Å². The van der Waals surface area contributed by atoms with Gasteiger partial charge < -0.3 is 4.90 Å². The smallest absolute Gasteiger partial charge is 0.270 e. The molecule has 2 aromatic rings. The summed E-state index contributed by atoms with van der Waals surface area (Å²) in [7, 11) is 1.87. The highest BCUT2D eigenvalue weighted by Gasteiger charge is 2.10. The van der Waals surface area contributed by atoms with Crippen LogP contribution in [0.4, 0.5) is 11.5 Å². The number of fused-ring (bicyclic) bond motifs is 1. The van der Waals surface area contributed by atoms with E-state index in [9.17, 15) is 10.1 Å². The van der Waals surface area contributed by atoms with Crippen molar-refractivity contribution in [3.8, 4) is 6.07 Å². The van der Waals surface area contributed by atoms with Crippen molar-refractivity contribution < 1.29 is 4.92 Å². The van der Waals surface area contributed by atoms with Gasteiger partial charge in [0.05, 0.1) is 22.4 Å². The first kappa shape index (κ1) is 13.7. The molecule has 102 valence electrons. The predicted octanol–water partition coefficient (Wildman–Crippen LogP) is 2.74. The van der Waals surface area contributed by atoms with E-state index < -0.39 is 4.92 Å². The van der Waals surface area contributed by atoms with Gasteiger partial charge in [0.25, 0.3) is 5.69 Å². The van der Waals surface area contributed by atoms with Crippen LogP contribution < -0.4 is 4.90 Å². The molecular weight excluding hydrogens is 256 g/mol. The second-order valence-electron chi connectivity index (χ2n) is 4.71. The summed E-state index contributed by atoms with van der Waals surface area (Å²) in [4.78, 5) is 16.7. The average Bonchev–Trinajstić information content (AvgIpc) is 2.45. The summed E-state index contributed by atoms with van der Waals surface area (Å²) in [6, 6.07) is 10.4. The first-order valence-corrected chi connectivity index (χ1v) is 6.17. The van der Waals surface area contributed by atoms with Gasteiger partial charge in [-0.25, -0.2) is 4.98 Å². The van der Waals surface area contributed by atoms with Crippen molar-refractivity contribution in [3.63, 3.8) is 0 Å². The molecule has 1 heterocycles. The summed E-state index contributed by atoms with van der Waals surface area (Å²) >= 11 is 0. The monoisotopic (exact) mass is 270 g/mol. The molecule has 0 aliphatic carbocycles. The zero-order valence-electron chi connectivity index (χ0n) is 11.3. The normalized spacial score (nSPS) is 11.8. The number of nitro benzene ring substituents is 1. The number of nitro groups is 1. The zero-order chi connectivity index (χ0) is 14.7. The third kappa shape index (κ3) is 2.83. The Balaban J connectivity index is 2.32. The molecule has 0 aliphatic rings. The Morgan fingerprint density at radius 3 is 2.85 bits per heavy atom. The summed E-state index contributed by atoms with van der Waals surface area (Å²) in [6.45, 7) is 2.43. The van der Waals surface area contributed by atoms with E-state index in [4.69, 9.17) is 5.26 Å². The Bertz CT molecular complexity index is 693. The predicted molar refractivity (Wildman–Crippen MR) is 76.4 cm³/mol. The average molecular weight is 270 g/mol. The van der Waals surface area contributed by atoms with Crippen molar-refractivity contribution >= 4 is 22.4 Å². The van der Waals surface area contributed by atoms with E-state index in [0.717, 1.165) is 11.2 Å². The number of anilines is 1. The molecule has 0 saturated carbocycles. The molecule has 1 unspecified atom stereocenters. The lowest BCUT2D eigenvalue weighted by molar-refractivity contribution is -0.384. The molecule has 0 bridgehead atoms. The maximum atomic E-state index is 10.7. The Morgan fingerprint density at radius 1 is 1.45 bits per heavy atom. The van der Waals surface area contributed by atoms with Crippen LogP contribution in [0.25, 0.3) is 10.9 Å². The fourth-order valence-corrected chi connectivity index (χ4v) is 1.97. The van der Waals surface area contributed by atoms with Crippen LogP contribution in [-0.2, 0) is 0 Å². The summed E-state index contributed by atoms with van der Waals surface area (Å²) in [6.07, 6.45) is 0. The van der Waals surface area contributed by atoms with Crippen LogP contribution in [0.3, 0.4) is 0 Å². The molecule has 1 atom stereocenters. The molecule has 1 aromatic heterocycles. The van der Waals surface area contributed by atoms with Gasteiger partial charge in [-0.1, -0.05) is 0 Å². The molecule has 0 fully saturated rings. The number of pyridine rings is 1. The van der Waals surface area contributed by atoms with Gasteiger partial charge in [-0.15, -0.1) is 0 Å². The van der Waals surface area contributed by atoms with Gasteiger partial charge in [0, 0.05) is 31.1 Å². The van der Waals surface area contributed by atoms with Crippen LogP contribution in [0.5, 0.6) is 0 Å². The molecular formula is C14H14N4O2. The highest BCUT2D eigenvalue weighted by atomic mass is 16.6. The van der Waals surface area contributed by atoms with E-state index in [1.807, 2.05) is 18.9 Å². The van der Waals surface area contributed by atoms with E-state index in [1.165, 1.54) is 12.1 Å². The number of aromatic nitrogens is 1. The summed E-state index contributed by atoms with van der Waals surface area (Å²) in [5, 5.41) is 20.3. The van der Waals surface area contributed by atoms with Crippen LogP contribution in [0.2, 0.25) is 0 Å². The van der Waals surface area contributed by atoms with Crippen molar-refractivity contribution in [2.75, 3.05) is 18.5 Å². The van der Waals surface area contributed by atoms with Crippen LogP contribution in [-0.4, -0.2) is 23.5 Å². The lowest BCUT2D eigenvalue weighted by Crippen LogP contribution is -2.24. The maximum absolute atomic E-state index is 10.7. The van der Waals surface area contributed by atoms with Crippen LogP contribution in [0, 0.1) is 27.4 Å². The fraction of sp³-hybridized carbons (Fsp3) is 0.286. The van der Waals surface area contributed by atoms with Gasteiger partial charge in [-0.05, 0) is 25.1 Å². The van der Waals surface area contributed by atoms with Crippen LogP contribution in [0.15, 0.2) is 30.3 Å². The second kappa shape index (κ2) is 5.53. The molecule has 0 N–H and O–H groups in total.